The predicted molar refractivity (Wildman–Crippen MR) is 85.3 cm³/mol. The number of nitrogens with one attached hydrogen (secondary N) is 1. The van der Waals surface area contributed by atoms with Crippen molar-refractivity contribution in [3.63, 3.8) is 0 Å². The summed E-state index contributed by atoms with van der Waals surface area (Å²) in [6.07, 6.45) is 4.88. The molecule has 1 aliphatic rings. The molecule has 0 radical (unpaired) electrons. The average molecular weight is 275 g/mol. The summed E-state index contributed by atoms with van der Waals surface area (Å²) in [5.41, 5.74) is 1.61. The van der Waals surface area contributed by atoms with Crippen molar-refractivity contribution in [2.75, 3.05) is 6.54 Å². The van der Waals surface area contributed by atoms with Crippen LogP contribution in [0.25, 0.3) is 0 Å². The van der Waals surface area contributed by atoms with Crippen molar-refractivity contribution >= 4 is 0 Å². The molecule has 1 aromatic carbocycles. The smallest absolute Gasteiger partial charge is 0.120 e. The molecule has 1 fully saturated rings. The fourth-order valence-electron chi connectivity index (χ4n) is 3.11. The Bertz CT molecular complexity index is 431. The number of rotatable bonds is 7. The monoisotopic (exact) mass is 275 g/mol. The van der Waals surface area contributed by atoms with Gasteiger partial charge in [-0.15, -0.1) is 0 Å². The normalized spacial score (nSPS) is 29.0. The van der Waals surface area contributed by atoms with Crippen LogP contribution >= 0.6 is 0 Å². The molecular formula is C18H29NO. The highest BCUT2D eigenvalue weighted by Gasteiger charge is 2.51. The Balaban J connectivity index is 1.99. The molecule has 0 aromatic heterocycles. The minimum atomic E-state index is 0.261. The molecule has 1 saturated carbocycles. The number of hydrogen-bond donors (Lipinski definition) is 1. The summed E-state index contributed by atoms with van der Waals surface area (Å²) < 4.78 is 6.27. The van der Waals surface area contributed by atoms with Crippen LogP contribution in [0.5, 0.6) is 5.75 Å². The maximum atomic E-state index is 6.27. The summed E-state index contributed by atoms with van der Waals surface area (Å²) in [7, 11) is 0. The maximum Gasteiger partial charge on any atom is 0.120 e. The van der Waals surface area contributed by atoms with E-state index in [4.69, 9.17) is 4.74 Å². The van der Waals surface area contributed by atoms with Gasteiger partial charge in [0, 0.05) is 17.9 Å². The molecule has 0 amide bonds. The number of hydrogen-bond acceptors (Lipinski definition) is 2. The summed E-state index contributed by atoms with van der Waals surface area (Å²) >= 11 is 0. The van der Waals surface area contributed by atoms with Gasteiger partial charge in [0.05, 0.1) is 0 Å². The van der Waals surface area contributed by atoms with Crippen molar-refractivity contribution in [3.8, 4) is 5.75 Å². The molecule has 0 bridgehead atoms. The summed E-state index contributed by atoms with van der Waals surface area (Å²) in [6, 6.07) is 9.14. The van der Waals surface area contributed by atoms with Crippen molar-refractivity contribution < 1.29 is 4.74 Å². The van der Waals surface area contributed by atoms with Gasteiger partial charge in [-0.2, -0.15) is 0 Å². The van der Waals surface area contributed by atoms with Gasteiger partial charge < -0.3 is 10.1 Å². The molecule has 3 unspecified atom stereocenters. The van der Waals surface area contributed by atoms with Gasteiger partial charge in [0.2, 0.25) is 0 Å². The lowest BCUT2D eigenvalue weighted by Crippen LogP contribution is -2.63. The Morgan fingerprint density at radius 2 is 2.10 bits per heavy atom. The Hall–Kier alpha value is -1.02. The fourth-order valence-corrected chi connectivity index (χ4v) is 3.11. The maximum absolute atomic E-state index is 6.27. The zero-order valence-electron chi connectivity index (χ0n) is 13.4. The van der Waals surface area contributed by atoms with E-state index in [-0.39, 0.29) is 5.41 Å². The minimum absolute atomic E-state index is 0.261. The van der Waals surface area contributed by atoms with E-state index in [1.807, 2.05) is 0 Å². The van der Waals surface area contributed by atoms with Crippen molar-refractivity contribution in [2.45, 2.75) is 65.5 Å². The van der Waals surface area contributed by atoms with E-state index in [2.05, 4.69) is 57.3 Å². The lowest BCUT2D eigenvalue weighted by molar-refractivity contribution is -0.0701. The predicted octanol–water partition coefficient (Wildman–Crippen LogP) is 4.18. The van der Waals surface area contributed by atoms with Gasteiger partial charge in [0.1, 0.15) is 11.9 Å². The standard InChI is InChI=1S/C18H29NO/c1-5-11-19-16-13-17(18(16,4)7-3)20-15-10-8-9-14(6-2)12-15/h8-10,12,16-17,19H,5-7,11,13H2,1-4H3. The summed E-state index contributed by atoms with van der Waals surface area (Å²) in [6.45, 7) is 10.2. The minimum Gasteiger partial charge on any atom is -0.490 e. The molecule has 1 N–H and O–H groups in total. The third kappa shape index (κ3) is 3.01. The molecule has 0 saturated heterocycles. The lowest BCUT2D eigenvalue weighted by atomic mass is 9.61. The number of ether oxygens (including phenoxy) is 1. The van der Waals surface area contributed by atoms with Crippen molar-refractivity contribution in [1.82, 2.24) is 5.32 Å². The summed E-state index contributed by atoms with van der Waals surface area (Å²) in [4.78, 5) is 0. The third-order valence-electron chi connectivity index (χ3n) is 4.97. The van der Waals surface area contributed by atoms with E-state index in [9.17, 15) is 0 Å². The Morgan fingerprint density at radius 3 is 2.75 bits per heavy atom. The first-order valence-electron chi connectivity index (χ1n) is 8.13. The zero-order chi connectivity index (χ0) is 14.6. The van der Waals surface area contributed by atoms with Gasteiger partial charge in [-0.05, 0) is 43.5 Å². The van der Waals surface area contributed by atoms with Gasteiger partial charge in [0.25, 0.3) is 0 Å². The van der Waals surface area contributed by atoms with Crippen molar-refractivity contribution in [3.05, 3.63) is 29.8 Å². The molecule has 0 aliphatic heterocycles. The van der Waals surface area contributed by atoms with Crippen LogP contribution in [0.4, 0.5) is 0 Å². The third-order valence-corrected chi connectivity index (χ3v) is 4.97. The second-order valence-electron chi connectivity index (χ2n) is 6.21. The molecule has 2 nitrogen and oxygen atoms in total. The van der Waals surface area contributed by atoms with Gasteiger partial charge in [-0.25, -0.2) is 0 Å². The zero-order valence-corrected chi connectivity index (χ0v) is 13.4. The van der Waals surface area contributed by atoms with Gasteiger partial charge >= 0.3 is 0 Å². The molecule has 112 valence electrons. The van der Waals surface area contributed by atoms with Crippen molar-refractivity contribution in [2.24, 2.45) is 5.41 Å². The van der Waals surface area contributed by atoms with Crippen LogP contribution < -0.4 is 10.1 Å². The Labute approximate surface area is 123 Å². The first kappa shape index (κ1) is 15.4. The molecule has 2 rings (SSSR count). The van der Waals surface area contributed by atoms with Gasteiger partial charge in [-0.3, -0.25) is 0 Å². The molecule has 20 heavy (non-hydrogen) atoms. The van der Waals surface area contributed by atoms with Gasteiger partial charge in [-0.1, -0.05) is 39.8 Å². The summed E-state index contributed by atoms with van der Waals surface area (Å²) in [5, 5.41) is 3.67. The van der Waals surface area contributed by atoms with Gasteiger partial charge in [0.15, 0.2) is 0 Å². The van der Waals surface area contributed by atoms with Crippen molar-refractivity contribution in [1.29, 1.82) is 0 Å². The Morgan fingerprint density at radius 1 is 1.30 bits per heavy atom. The highest BCUT2D eigenvalue weighted by atomic mass is 16.5. The molecular weight excluding hydrogens is 246 g/mol. The molecule has 2 heteroatoms. The first-order valence-corrected chi connectivity index (χ1v) is 8.13. The van der Waals surface area contributed by atoms with Crippen LogP contribution in [0.2, 0.25) is 0 Å². The first-order chi connectivity index (χ1) is 9.63. The van der Waals surface area contributed by atoms with Crippen LogP contribution in [0.15, 0.2) is 24.3 Å². The highest BCUT2D eigenvalue weighted by molar-refractivity contribution is 5.29. The average Bonchev–Trinajstić information content (AvgIpc) is 2.49. The van der Waals surface area contributed by atoms with E-state index in [1.165, 1.54) is 12.0 Å². The van der Waals surface area contributed by atoms with Crippen LogP contribution in [-0.4, -0.2) is 18.7 Å². The van der Waals surface area contributed by atoms with Crippen LogP contribution in [0.1, 0.15) is 52.5 Å². The summed E-state index contributed by atoms with van der Waals surface area (Å²) in [5.74, 6) is 1.03. The highest BCUT2D eigenvalue weighted by Crippen LogP contribution is 2.46. The lowest BCUT2D eigenvalue weighted by Gasteiger charge is -2.53. The van der Waals surface area contributed by atoms with E-state index in [0.717, 1.165) is 31.6 Å². The fraction of sp³-hybridized carbons (Fsp3) is 0.667. The number of aryl methyl sites for hydroxylation is 1. The van der Waals surface area contributed by atoms with Crippen LogP contribution in [-0.2, 0) is 6.42 Å². The van der Waals surface area contributed by atoms with Crippen LogP contribution in [0, 0.1) is 5.41 Å². The number of benzene rings is 1. The molecule has 1 aromatic rings. The topological polar surface area (TPSA) is 21.3 Å². The quantitative estimate of drug-likeness (QED) is 0.806. The van der Waals surface area contributed by atoms with E-state index in [0.29, 0.717) is 12.1 Å². The molecule has 0 spiro atoms. The molecule has 1 aliphatic carbocycles. The molecule has 0 heterocycles. The second-order valence-corrected chi connectivity index (χ2v) is 6.21. The van der Waals surface area contributed by atoms with E-state index >= 15 is 0 Å². The SMILES string of the molecule is CCCNC1CC(Oc2cccc(CC)c2)C1(C)CC. The van der Waals surface area contributed by atoms with E-state index < -0.39 is 0 Å². The van der Waals surface area contributed by atoms with E-state index in [1.54, 1.807) is 0 Å². The largest absolute Gasteiger partial charge is 0.490 e. The molecule has 3 atom stereocenters. The second kappa shape index (κ2) is 6.62. The Kier molecular flexibility index (Phi) is 5.09. The van der Waals surface area contributed by atoms with Crippen LogP contribution in [0.3, 0.4) is 0 Å².